The first-order valence-electron chi connectivity index (χ1n) is 8.56. The molecular weight excluding hydrogens is 306 g/mol. The molecule has 1 aromatic rings. The minimum atomic E-state index is -0.169. The van der Waals surface area contributed by atoms with Crippen LogP contribution in [-0.2, 0) is 9.59 Å². The molecule has 2 unspecified atom stereocenters. The van der Waals surface area contributed by atoms with Gasteiger partial charge in [0.15, 0.2) is 0 Å². The zero-order valence-corrected chi connectivity index (χ0v) is 13.9. The van der Waals surface area contributed by atoms with Gasteiger partial charge in [-0.2, -0.15) is 0 Å². The molecule has 128 valence electrons. The van der Waals surface area contributed by atoms with Crippen LogP contribution in [0.1, 0.15) is 26.2 Å². The largest absolute Gasteiger partial charge is 0.494 e. The Morgan fingerprint density at radius 3 is 1.92 bits per heavy atom. The van der Waals surface area contributed by atoms with Crippen LogP contribution in [0.15, 0.2) is 36.4 Å². The maximum Gasteiger partial charge on any atom is 0.233 e. The summed E-state index contributed by atoms with van der Waals surface area (Å²) in [4.78, 5) is 26.0. The number of carbonyl (C=O) groups excluding carboxylic acids is 2. The highest BCUT2D eigenvalue weighted by Gasteiger charge is 2.46. The van der Waals surface area contributed by atoms with Gasteiger partial charge in [-0.1, -0.05) is 19.1 Å². The molecule has 1 heterocycles. The van der Waals surface area contributed by atoms with E-state index in [1.165, 1.54) is 4.90 Å². The van der Waals surface area contributed by atoms with Crippen molar-refractivity contribution in [3.63, 3.8) is 0 Å². The molecule has 1 saturated heterocycles. The molecule has 0 bridgehead atoms. The summed E-state index contributed by atoms with van der Waals surface area (Å²) in [5, 5.41) is 0. The lowest BCUT2D eigenvalue weighted by atomic mass is 9.85. The molecular formula is C19H23NO4. The first-order chi connectivity index (χ1) is 11.7. The number of likely N-dealkylation sites (tertiary alicyclic amines) is 1. The molecule has 0 saturated carbocycles. The van der Waals surface area contributed by atoms with E-state index in [0.29, 0.717) is 38.3 Å². The molecule has 2 amide bonds. The van der Waals surface area contributed by atoms with E-state index >= 15 is 0 Å². The summed E-state index contributed by atoms with van der Waals surface area (Å²) < 4.78 is 11.2. The fraction of sp³-hybridized carbons (Fsp3) is 0.474. The number of hydrogen-bond donors (Lipinski definition) is 0. The molecule has 5 nitrogen and oxygen atoms in total. The number of rotatable bonds is 7. The smallest absolute Gasteiger partial charge is 0.233 e. The van der Waals surface area contributed by atoms with E-state index in [2.05, 4.69) is 6.92 Å². The molecule has 2 atom stereocenters. The van der Waals surface area contributed by atoms with Crippen molar-refractivity contribution >= 4 is 11.8 Å². The summed E-state index contributed by atoms with van der Waals surface area (Å²) in [6.45, 7) is 3.36. The van der Waals surface area contributed by atoms with Crippen molar-refractivity contribution in [1.29, 1.82) is 0 Å². The van der Waals surface area contributed by atoms with Crippen LogP contribution >= 0.6 is 0 Å². The second kappa shape index (κ2) is 7.51. The number of amides is 2. The first-order valence-corrected chi connectivity index (χ1v) is 8.56. The van der Waals surface area contributed by atoms with Crippen LogP contribution < -0.4 is 9.47 Å². The Hall–Kier alpha value is -2.30. The molecule has 5 heteroatoms. The standard InChI is InChI=1S/C19H23NO4/c1-2-12-23-14-7-9-15(10-8-14)24-13-11-20-18(21)16-5-3-4-6-17(16)19(20)22/h3-4,7-10,16-17H,2,5-6,11-13H2,1H3. The molecule has 1 fully saturated rings. The van der Waals surface area contributed by atoms with E-state index in [0.717, 1.165) is 12.2 Å². The summed E-state index contributed by atoms with van der Waals surface area (Å²) in [6, 6.07) is 7.39. The third-order valence-electron chi connectivity index (χ3n) is 4.48. The van der Waals surface area contributed by atoms with Gasteiger partial charge in [0.25, 0.3) is 0 Å². The van der Waals surface area contributed by atoms with E-state index in [-0.39, 0.29) is 23.7 Å². The van der Waals surface area contributed by atoms with Crippen molar-refractivity contribution in [3.05, 3.63) is 36.4 Å². The van der Waals surface area contributed by atoms with Gasteiger partial charge in [0.1, 0.15) is 18.1 Å². The number of fused-ring (bicyclic) bond motifs is 1. The second-order valence-electron chi connectivity index (χ2n) is 6.15. The van der Waals surface area contributed by atoms with Gasteiger partial charge < -0.3 is 9.47 Å². The van der Waals surface area contributed by atoms with E-state index in [1.54, 1.807) is 0 Å². The Morgan fingerprint density at radius 2 is 1.42 bits per heavy atom. The lowest BCUT2D eigenvalue weighted by molar-refractivity contribution is -0.140. The summed E-state index contributed by atoms with van der Waals surface area (Å²) in [5.41, 5.74) is 0. The quantitative estimate of drug-likeness (QED) is 0.570. The number of carbonyl (C=O) groups is 2. The Balaban J connectivity index is 1.49. The zero-order valence-electron chi connectivity index (χ0n) is 13.9. The van der Waals surface area contributed by atoms with Crippen molar-refractivity contribution in [1.82, 2.24) is 4.90 Å². The topological polar surface area (TPSA) is 55.8 Å². The van der Waals surface area contributed by atoms with E-state index < -0.39 is 0 Å². The van der Waals surface area contributed by atoms with Gasteiger partial charge in [0.05, 0.1) is 25.0 Å². The molecule has 0 N–H and O–H groups in total. The van der Waals surface area contributed by atoms with Gasteiger partial charge in [-0.3, -0.25) is 14.5 Å². The predicted octanol–water partition coefficient (Wildman–Crippen LogP) is 2.81. The molecule has 1 aromatic carbocycles. The number of benzene rings is 1. The minimum absolute atomic E-state index is 0.0544. The highest BCUT2D eigenvalue weighted by molar-refractivity contribution is 6.05. The summed E-state index contributed by atoms with van der Waals surface area (Å²) in [5.74, 6) is 1.07. The van der Waals surface area contributed by atoms with Crippen LogP contribution in [0.2, 0.25) is 0 Å². The second-order valence-corrected chi connectivity index (χ2v) is 6.15. The van der Waals surface area contributed by atoms with Crippen LogP contribution in [0, 0.1) is 11.8 Å². The van der Waals surface area contributed by atoms with Crippen molar-refractivity contribution in [3.8, 4) is 11.5 Å². The average Bonchev–Trinajstić information content (AvgIpc) is 2.86. The number of nitrogens with zero attached hydrogens (tertiary/aromatic N) is 1. The van der Waals surface area contributed by atoms with Gasteiger partial charge >= 0.3 is 0 Å². The van der Waals surface area contributed by atoms with Crippen LogP contribution in [0.3, 0.4) is 0 Å². The fourth-order valence-corrected chi connectivity index (χ4v) is 3.20. The van der Waals surface area contributed by atoms with Gasteiger partial charge in [0, 0.05) is 0 Å². The number of imide groups is 1. The Bertz CT molecular complexity index is 597. The first kappa shape index (κ1) is 16.6. The average molecular weight is 329 g/mol. The lowest BCUT2D eigenvalue weighted by Crippen LogP contribution is -2.34. The summed E-state index contributed by atoms with van der Waals surface area (Å²) in [7, 11) is 0. The van der Waals surface area contributed by atoms with Gasteiger partial charge in [0.2, 0.25) is 11.8 Å². The maximum absolute atomic E-state index is 12.3. The Kier molecular flexibility index (Phi) is 5.18. The summed E-state index contributed by atoms with van der Waals surface area (Å²) >= 11 is 0. The third kappa shape index (κ3) is 3.45. The van der Waals surface area contributed by atoms with E-state index in [1.807, 2.05) is 36.4 Å². The molecule has 0 radical (unpaired) electrons. The van der Waals surface area contributed by atoms with Crippen molar-refractivity contribution in [2.75, 3.05) is 19.8 Å². The Morgan fingerprint density at radius 1 is 0.917 bits per heavy atom. The van der Waals surface area contributed by atoms with E-state index in [4.69, 9.17) is 9.47 Å². The molecule has 24 heavy (non-hydrogen) atoms. The van der Waals surface area contributed by atoms with Gasteiger partial charge in [-0.05, 0) is 43.5 Å². The van der Waals surface area contributed by atoms with Crippen LogP contribution in [0.5, 0.6) is 11.5 Å². The van der Waals surface area contributed by atoms with Crippen molar-refractivity contribution in [2.45, 2.75) is 26.2 Å². The molecule has 1 aliphatic carbocycles. The number of allylic oxidation sites excluding steroid dienone is 2. The predicted molar refractivity (Wildman–Crippen MR) is 89.8 cm³/mol. The fourth-order valence-electron chi connectivity index (χ4n) is 3.20. The Labute approximate surface area is 142 Å². The van der Waals surface area contributed by atoms with Crippen LogP contribution in [0.25, 0.3) is 0 Å². The third-order valence-corrected chi connectivity index (χ3v) is 4.48. The molecule has 2 aliphatic rings. The normalized spacial score (nSPS) is 22.6. The monoisotopic (exact) mass is 329 g/mol. The highest BCUT2D eigenvalue weighted by Crippen LogP contribution is 2.34. The number of hydrogen-bond acceptors (Lipinski definition) is 4. The lowest BCUT2D eigenvalue weighted by Gasteiger charge is -2.15. The van der Waals surface area contributed by atoms with Gasteiger partial charge in [-0.15, -0.1) is 0 Å². The maximum atomic E-state index is 12.3. The van der Waals surface area contributed by atoms with E-state index in [9.17, 15) is 9.59 Å². The van der Waals surface area contributed by atoms with Crippen LogP contribution in [0.4, 0.5) is 0 Å². The van der Waals surface area contributed by atoms with Crippen LogP contribution in [-0.4, -0.2) is 36.5 Å². The van der Waals surface area contributed by atoms with Gasteiger partial charge in [-0.25, -0.2) is 0 Å². The molecule has 0 spiro atoms. The molecule has 0 aromatic heterocycles. The van der Waals surface area contributed by atoms with Crippen molar-refractivity contribution < 1.29 is 19.1 Å². The SMILES string of the molecule is CCCOc1ccc(OCCN2C(=O)C3CC=CCC3C2=O)cc1. The summed E-state index contributed by atoms with van der Waals surface area (Å²) in [6.07, 6.45) is 6.30. The minimum Gasteiger partial charge on any atom is -0.494 e. The van der Waals surface area contributed by atoms with Crippen molar-refractivity contribution in [2.24, 2.45) is 11.8 Å². The highest BCUT2D eigenvalue weighted by atomic mass is 16.5. The molecule has 1 aliphatic heterocycles. The number of ether oxygens (including phenoxy) is 2. The zero-order chi connectivity index (χ0) is 16.9. The molecule has 3 rings (SSSR count).